The van der Waals surface area contributed by atoms with E-state index in [1.807, 2.05) is 13.8 Å². The molecule has 0 fully saturated rings. The number of aromatic nitrogens is 1. The van der Waals surface area contributed by atoms with Crippen LogP contribution in [0.15, 0.2) is 18.3 Å². The fourth-order valence-corrected chi connectivity index (χ4v) is 2.17. The second-order valence-corrected chi connectivity index (χ2v) is 6.12. The normalized spacial score (nSPS) is 11.0. The van der Waals surface area contributed by atoms with Gasteiger partial charge in [-0.2, -0.15) is 0 Å². The molecule has 0 aromatic carbocycles. The van der Waals surface area contributed by atoms with Gasteiger partial charge in [-0.05, 0) is 26.0 Å². The lowest BCUT2D eigenvalue weighted by Crippen LogP contribution is -2.22. The molecule has 0 aliphatic rings. The highest BCUT2D eigenvalue weighted by Crippen LogP contribution is 2.08. The predicted molar refractivity (Wildman–Crippen MR) is 78.7 cm³/mol. The molecule has 20 heavy (non-hydrogen) atoms. The summed E-state index contributed by atoms with van der Waals surface area (Å²) in [5.74, 6) is 5.62. The van der Waals surface area contributed by atoms with Gasteiger partial charge in [0.1, 0.15) is 5.82 Å². The summed E-state index contributed by atoms with van der Waals surface area (Å²) >= 11 is 0. The number of nitrogens with zero attached hydrogens (tertiary/aromatic N) is 1. The Labute approximate surface area is 119 Å². The maximum absolute atomic E-state index is 11.8. The first-order valence-corrected chi connectivity index (χ1v) is 7.85. The number of rotatable bonds is 6. The number of anilines is 1. The van der Waals surface area contributed by atoms with Gasteiger partial charge < -0.3 is 10.5 Å². The number of pyridine rings is 1. The van der Waals surface area contributed by atoms with Crippen LogP contribution in [0.2, 0.25) is 0 Å². The minimum atomic E-state index is -3.48. The first-order chi connectivity index (χ1) is 9.43. The van der Waals surface area contributed by atoms with Crippen molar-refractivity contribution in [1.29, 1.82) is 0 Å². The van der Waals surface area contributed by atoms with Crippen LogP contribution in [0, 0.1) is 11.8 Å². The van der Waals surface area contributed by atoms with Crippen LogP contribution in [0.4, 0.5) is 5.82 Å². The van der Waals surface area contributed by atoms with Crippen molar-refractivity contribution in [2.75, 3.05) is 23.6 Å². The Bertz CT molecular complexity index is 588. The summed E-state index contributed by atoms with van der Waals surface area (Å²) in [7, 11) is -3.48. The number of hydrogen-bond donors (Lipinski definition) is 2. The number of ether oxygens (including phenoxy) is 1. The maximum Gasteiger partial charge on any atom is 0.236 e. The van der Waals surface area contributed by atoms with Crippen molar-refractivity contribution >= 4 is 15.8 Å². The Morgan fingerprint density at radius 2 is 2.25 bits per heavy atom. The van der Waals surface area contributed by atoms with E-state index in [9.17, 15) is 8.42 Å². The number of sulfonamides is 1. The maximum atomic E-state index is 11.8. The van der Waals surface area contributed by atoms with Gasteiger partial charge in [0.25, 0.3) is 0 Å². The van der Waals surface area contributed by atoms with Gasteiger partial charge in [0.05, 0.1) is 25.0 Å². The lowest BCUT2D eigenvalue weighted by atomic mass is 10.2. The van der Waals surface area contributed by atoms with E-state index in [0.717, 1.165) is 0 Å². The molecule has 0 atom stereocenters. The van der Waals surface area contributed by atoms with Crippen molar-refractivity contribution in [3.05, 3.63) is 23.9 Å². The lowest BCUT2D eigenvalue weighted by molar-refractivity contribution is 0.0913. The molecule has 1 rings (SSSR count). The average molecular weight is 297 g/mol. The lowest BCUT2D eigenvalue weighted by Gasteiger charge is -2.09. The van der Waals surface area contributed by atoms with Gasteiger partial charge in [-0.1, -0.05) is 11.8 Å². The van der Waals surface area contributed by atoms with Gasteiger partial charge in [0, 0.05) is 11.8 Å². The molecule has 1 aromatic rings. The smallest absolute Gasteiger partial charge is 0.236 e. The molecule has 7 heteroatoms. The minimum absolute atomic E-state index is 0.00168. The van der Waals surface area contributed by atoms with E-state index < -0.39 is 10.0 Å². The van der Waals surface area contributed by atoms with Crippen LogP contribution in [-0.2, 0) is 14.8 Å². The first-order valence-electron chi connectivity index (χ1n) is 6.20. The molecule has 0 aliphatic carbocycles. The molecular weight excluding hydrogens is 278 g/mol. The van der Waals surface area contributed by atoms with Gasteiger partial charge >= 0.3 is 0 Å². The number of nitrogens with one attached hydrogen (secondary N) is 1. The van der Waals surface area contributed by atoms with E-state index in [-0.39, 0.29) is 30.8 Å². The fraction of sp³-hybridized carbons (Fsp3) is 0.462. The molecule has 3 N–H and O–H groups in total. The quantitative estimate of drug-likeness (QED) is 0.748. The number of hydrogen-bond acceptors (Lipinski definition) is 5. The van der Waals surface area contributed by atoms with Gasteiger partial charge in [-0.25, -0.2) is 13.4 Å². The molecule has 1 heterocycles. The molecular formula is C13H19N3O3S. The van der Waals surface area contributed by atoms with Crippen LogP contribution < -0.4 is 10.5 Å². The van der Waals surface area contributed by atoms with Crippen LogP contribution in [0.1, 0.15) is 19.4 Å². The predicted octanol–water partition coefficient (Wildman–Crippen LogP) is 0.558. The summed E-state index contributed by atoms with van der Waals surface area (Å²) < 4.78 is 31.2. The highest BCUT2D eigenvalue weighted by molar-refractivity contribution is 7.92. The zero-order valence-electron chi connectivity index (χ0n) is 11.6. The van der Waals surface area contributed by atoms with Crippen LogP contribution in [-0.4, -0.2) is 38.4 Å². The topological polar surface area (TPSA) is 94.3 Å². The summed E-state index contributed by atoms with van der Waals surface area (Å²) in [5.41, 5.74) is 5.93. The highest BCUT2D eigenvalue weighted by atomic mass is 32.2. The largest absolute Gasteiger partial charge is 0.378 e. The summed E-state index contributed by atoms with van der Waals surface area (Å²) in [5, 5.41) is 0. The minimum Gasteiger partial charge on any atom is -0.378 e. The summed E-state index contributed by atoms with van der Waals surface area (Å²) in [6.45, 7) is 4.08. The molecule has 110 valence electrons. The first kappa shape index (κ1) is 16.4. The SMILES string of the molecule is CC(C)OCCS(=O)(=O)Nc1cc(C#CCN)ccn1. The molecule has 0 bridgehead atoms. The van der Waals surface area contributed by atoms with E-state index in [1.54, 1.807) is 12.1 Å². The zero-order valence-corrected chi connectivity index (χ0v) is 12.4. The van der Waals surface area contributed by atoms with Crippen molar-refractivity contribution in [3.63, 3.8) is 0 Å². The van der Waals surface area contributed by atoms with E-state index in [0.29, 0.717) is 5.56 Å². The van der Waals surface area contributed by atoms with Crippen LogP contribution in [0.5, 0.6) is 0 Å². The van der Waals surface area contributed by atoms with Crippen LogP contribution >= 0.6 is 0 Å². The average Bonchev–Trinajstić information content (AvgIpc) is 2.35. The molecule has 0 spiro atoms. The second-order valence-electron chi connectivity index (χ2n) is 4.28. The van der Waals surface area contributed by atoms with Gasteiger partial charge in [0.15, 0.2) is 0 Å². The Hall–Kier alpha value is -1.62. The Balaban J connectivity index is 2.67. The van der Waals surface area contributed by atoms with E-state index >= 15 is 0 Å². The van der Waals surface area contributed by atoms with E-state index in [4.69, 9.17) is 10.5 Å². The van der Waals surface area contributed by atoms with Gasteiger partial charge in [-0.3, -0.25) is 4.72 Å². The van der Waals surface area contributed by atoms with Crippen molar-refractivity contribution in [3.8, 4) is 11.8 Å². The third-order valence-electron chi connectivity index (χ3n) is 2.16. The van der Waals surface area contributed by atoms with Gasteiger partial charge in [0.2, 0.25) is 10.0 Å². The van der Waals surface area contributed by atoms with E-state index in [2.05, 4.69) is 21.5 Å². The fourth-order valence-electron chi connectivity index (χ4n) is 1.32. The van der Waals surface area contributed by atoms with Crippen LogP contribution in [0.3, 0.4) is 0 Å². The van der Waals surface area contributed by atoms with Crippen molar-refractivity contribution in [1.82, 2.24) is 4.98 Å². The third kappa shape index (κ3) is 6.52. The Kier molecular flexibility index (Phi) is 6.45. The number of nitrogens with two attached hydrogens (primary N) is 1. The van der Waals surface area contributed by atoms with Crippen molar-refractivity contribution in [2.24, 2.45) is 5.73 Å². The van der Waals surface area contributed by atoms with Crippen molar-refractivity contribution in [2.45, 2.75) is 20.0 Å². The Morgan fingerprint density at radius 1 is 1.50 bits per heavy atom. The molecule has 0 aliphatic heterocycles. The van der Waals surface area contributed by atoms with E-state index in [1.165, 1.54) is 6.20 Å². The molecule has 0 saturated heterocycles. The standard InChI is InChI=1S/C13H19N3O3S/c1-11(2)19-8-9-20(17,18)16-13-10-12(4-3-6-14)5-7-15-13/h5,7,10-11H,6,8-9,14H2,1-2H3,(H,15,16). The molecule has 0 radical (unpaired) electrons. The monoisotopic (exact) mass is 297 g/mol. The second kappa shape index (κ2) is 7.85. The summed E-state index contributed by atoms with van der Waals surface area (Å²) in [4.78, 5) is 3.95. The molecule has 0 saturated carbocycles. The van der Waals surface area contributed by atoms with Gasteiger partial charge in [-0.15, -0.1) is 0 Å². The zero-order chi connectivity index (χ0) is 15.0. The molecule has 0 amide bonds. The molecule has 0 unspecified atom stereocenters. The van der Waals surface area contributed by atoms with Crippen molar-refractivity contribution < 1.29 is 13.2 Å². The Morgan fingerprint density at radius 3 is 2.90 bits per heavy atom. The molecule has 6 nitrogen and oxygen atoms in total. The summed E-state index contributed by atoms with van der Waals surface area (Å²) in [6.07, 6.45) is 1.49. The third-order valence-corrected chi connectivity index (χ3v) is 3.38. The summed E-state index contributed by atoms with van der Waals surface area (Å²) in [6, 6.07) is 3.24. The molecule has 1 aromatic heterocycles. The van der Waals surface area contributed by atoms with Crippen LogP contribution in [0.25, 0.3) is 0 Å². The highest BCUT2D eigenvalue weighted by Gasteiger charge is 2.11.